The minimum absolute atomic E-state index is 0.158. The molecule has 0 radical (unpaired) electrons. The molecule has 1 saturated heterocycles. The fraction of sp³-hybridized carbons (Fsp3) is 0.625. The molecular weight excluding hydrogens is 273 g/mol. The van der Waals surface area contributed by atoms with E-state index in [9.17, 15) is 4.39 Å². The summed E-state index contributed by atoms with van der Waals surface area (Å²) >= 11 is 1.72. The van der Waals surface area contributed by atoms with Gasteiger partial charge in [-0.3, -0.25) is 0 Å². The van der Waals surface area contributed by atoms with Crippen LogP contribution >= 0.6 is 11.8 Å². The van der Waals surface area contributed by atoms with Crippen LogP contribution in [0.2, 0.25) is 0 Å². The summed E-state index contributed by atoms with van der Waals surface area (Å²) in [7, 11) is 2.00. The Morgan fingerprint density at radius 2 is 2.40 bits per heavy atom. The van der Waals surface area contributed by atoms with Gasteiger partial charge in [-0.15, -0.1) is 11.8 Å². The van der Waals surface area contributed by atoms with E-state index < -0.39 is 0 Å². The lowest BCUT2D eigenvalue weighted by Gasteiger charge is -2.17. The minimum Gasteiger partial charge on any atom is -0.378 e. The number of nitrogens with one attached hydrogen (secondary N) is 1. The van der Waals surface area contributed by atoms with Crippen molar-refractivity contribution in [3.63, 3.8) is 0 Å². The number of rotatable bonds is 8. The largest absolute Gasteiger partial charge is 0.378 e. The van der Waals surface area contributed by atoms with Crippen LogP contribution in [-0.2, 0) is 4.74 Å². The number of hydrogen-bond acceptors (Lipinski definition) is 3. The standard InChI is InChI=1S/C16H24FNOS/c1-18-14(6-3-7-15-8-4-10-19-15)12-20-16-9-2-5-13(17)11-16/h2,5,9,11,14-15,18H,3-4,6-8,10,12H2,1H3. The van der Waals surface area contributed by atoms with E-state index in [1.54, 1.807) is 23.9 Å². The SMILES string of the molecule is CNC(CCCC1CCCO1)CSc1cccc(F)c1. The van der Waals surface area contributed by atoms with Gasteiger partial charge in [0.05, 0.1) is 6.10 Å². The molecular formula is C16H24FNOS. The molecule has 2 atom stereocenters. The zero-order chi connectivity index (χ0) is 14.2. The monoisotopic (exact) mass is 297 g/mol. The molecule has 0 amide bonds. The number of ether oxygens (including phenoxy) is 1. The maximum absolute atomic E-state index is 13.1. The molecule has 2 nitrogen and oxygen atoms in total. The van der Waals surface area contributed by atoms with Crippen LogP contribution in [0.3, 0.4) is 0 Å². The number of thioether (sulfide) groups is 1. The van der Waals surface area contributed by atoms with Crippen LogP contribution in [0.25, 0.3) is 0 Å². The van der Waals surface area contributed by atoms with Crippen molar-refractivity contribution in [3.05, 3.63) is 30.1 Å². The Morgan fingerprint density at radius 1 is 1.50 bits per heavy atom. The van der Waals surface area contributed by atoms with E-state index in [-0.39, 0.29) is 5.82 Å². The number of hydrogen-bond donors (Lipinski definition) is 1. The van der Waals surface area contributed by atoms with E-state index in [4.69, 9.17) is 4.74 Å². The molecule has 1 aliphatic rings. The molecule has 1 fully saturated rings. The predicted octanol–water partition coefficient (Wildman–Crippen LogP) is 3.86. The average molecular weight is 297 g/mol. The van der Waals surface area contributed by atoms with Gasteiger partial charge in [0.25, 0.3) is 0 Å². The lowest BCUT2D eigenvalue weighted by atomic mass is 10.1. The first-order valence-corrected chi connectivity index (χ1v) is 8.43. The zero-order valence-electron chi connectivity index (χ0n) is 12.1. The summed E-state index contributed by atoms with van der Waals surface area (Å²) in [5, 5.41) is 3.36. The van der Waals surface area contributed by atoms with Crippen molar-refractivity contribution in [2.75, 3.05) is 19.4 Å². The highest BCUT2D eigenvalue weighted by molar-refractivity contribution is 7.99. The molecule has 0 aliphatic carbocycles. The molecule has 1 aliphatic heterocycles. The van der Waals surface area contributed by atoms with Gasteiger partial charge in [-0.05, 0) is 57.4 Å². The molecule has 0 aromatic heterocycles. The highest BCUT2D eigenvalue weighted by Gasteiger charge is 2.16. The molecule has 0 saturated carbocycles. The van der Waals surface area contributed by atoms with Gasteiger partial charge in [0.15, 0.2) is 0 Å². The summed E-state index contributed by atoms with van der Waals surface area (Å²) in [6, 6.07) is 7.30. The minimum atomic E-state index is -0.158. The molecule has 2 rings (SSSR count). The Bertz CT molecular complexity index is 396. The highest BCUT2D eigenvalue weighted by atomic mass is 32.2. The quantitative estimate of drug-likeness (QED) is 0.736. The normalized spacial score (nSPS) is 20.2. The molecule has 0 spiro atoms. The maximum atomic E-state index is 13.1. The van der Waals surface area contributed by atoms with Gasteiger partial charge >= 0.3 is 0 Å². The van der Waals surface area contributed by atoms with Gasteiger partial charge in [0.2, 0.25) is 0 Å². The maximum Gasteiger partial charge on any atom is 0.124 e. The first-order valence-electron chi connectivity index (χ1n) is 7.45. The highest BCUT2D eigenvalue weighted by Crippen LogP contribution is 2.22. The van der Waals surface area contributed by atoms with Crippen LogP contribution in [0.1, 0.15) is 32.1 Å². The van der Waals surface area contributed by atoms with Crippen molar-refractivity contribution in [1.29, 1.82) is 0 Å². The second kappa shape index (κ2) is 8.65. The lowest BCUT2D eigenvalue weighted by Crippen LogP contribution is -2.27. The van der Waals surface area contributed by atoms with Crippen molar-refractivity contribution in [2.24, 2.45) is 0 Å². The lowest BCUT2D eigenvalue weighted by molar-refractivity contribution is 0.101. The van der Waals surface area contributed by atoms with Crippen LogP contribution in [0.4, 0.5) is 4.39 Å². The van der Waals surface area contributed by atoms with Gasteiger partial charge in [-0.2, -0.15) is 0 Å². The first kappa shape index (κ1) is 15.8. The van der Waals surface area contributed by atoms with Crippen molar-refractivity contribution >= 4 is 11.8 Å². The van der Waals surface area contributed by atoms with Crippen LogP contribution in [0, 0.1) is 5.82 Å². The summed E-state index contributed by atoms with van der Waals surface area (Å²) in [4.78, 5) is 1.00. The molecule has 112 valence electrons. The summed E-state index contributed by atoms with van der Waals surface area (Å²) in [5.41, 5.74) is 0. The summed E-state index contributed by atoms with van der Waals surface area (Å²) in [6.07, 6.45) is 6.45. The molecule has 2 unspecified atom stereocenters. The van der Waals surface area contributed by atoms with E-state index in [0.717, 1.165) is 23.7 Å². The van der Waals surface area contributed by atoms with Crippen molar-refractivity contribution in [2.45, 2.75) is 49.1 Å². The average Bonchev–Trinajstić information content (AvgIpc) is 2.96. The topological polar surface area (TPSA) is 21.3 Å². The van der Waals surface area contributed by atoms with Gasteiger partial charge < -0.3 is 10.1 Å². The summed E-state index contributed by atoms with van der Waals surface area (Å²) in [6.45, 7) is 0.940. The summed E-state index contributed by atoms with van der Waals surface area (Å²) < 4.78 is 18.7. The molecule has 0 bridgehead atoms. The zero-order valence-corrected chi connectivity index (χ0v) is 12.9. The first-order chi connectivity index (χ1) is 9.78. The van der Waals surface area contributed by atoms with E-state index in [2.05, 4.69) is 5.32 Å². The third kappa shape index (κ3) is 5.43. The third-order valence-electron chi connectivity index (χ3n) is 3.76. The molecule has 20 heavy (non-hydrogen) atoms. The van der Waals surface area contributed by atoms with Gasteiger partial charge in [0.1, 0.15) is 5.82 Å². The predicted molar refractivity (Wildman–Crippen MR) is 82.8 cm³/mol. The number of benzene rings is 1. The van der Waals surface area contributed by atoms with Crippen LogP contribution in [-0.4, -0.2) is 31.6 Å². The van der Waals surface area contributed by atoms with E-state index in [1.165, 1.54) is 31.7 Å². The second-order valence-corrected chi connectivity index (χ2v) is 6.41. The van der Waals surface area contributed by atoms with Crippen molar-refractivity contribution in [3.8, 4) is 0 Å². The van der Waals surface area contributed by atoms with Gasteiger partial charge in [-0.1, -0.05) is 6.07 Å². The number of halogens is 1. The Hall–Kier alpha value is -0.580. The fourth-order valence-electron chi connectivity index (χ4n) is 2.53. The Labute approximate surface area is 125 Å². The molecule has 1 N–H and O–H groups in total. The fourth-order valence-corrected chi connectivity index (χ4v) is 3.63. The Morgan fingerprint density at radius 3 is 3.10 bits per heavy atom. The van der Waals surface area contributed by atoms with E-state index in [0.29, 0.717) is 12.1 Å². The van der Waals surface area contributed by atoms with Crippen molar-refractivity contribution in [1.82, 2.24) is 5.32 Å². The van der Waals surface area contributed by atoms with E-state index >= 15 is 0 Å². The second-order valence-electron chi connectivity index (χ2n) is 5.32. The van der Waals surface area contributed by atoms with Crippen LogP contribution in [0.5, 0.6) is 0 Å². The molecule has 1 aromatic carbocycles. The van der Waals surface area contributed by atoms with Gasteiger partial charge in [-0.25, -0.2) is 4.39 Å². The van der Waals surface area contributed by atoms with Crippen LogP contribution in [0.15, 0.2) is 29.2 Å². The molecule has 4 heteroatoms. The van der Waals surface area contributed by atoms with E-state index in [1.807, 2.05) is 13.1 Å². The summed E-state index contributed by atoms with van der Waals surface area (Å²) in [5.74, 6) is 0.820. The molecule has 1 aromatic rings. The third-order valence-corrected chi connectivity index (χ3v) is 4.91. The van der Waals surface area contributed by atoms with Crippen LogP contribution < -0.4 is 5.32 Å². The smallest absolute Gasteiger partial charge is 0.124 e. The Balaban J connectivity index is 1.66. The van der Waals surface area contributed by atoms with Crippen molar-refractivity contribution < 1.29 is 9.13 Å². The molecule has 1 heterocycles. The Kier molecular flexibility index (Phi) is 6.83. The van der Waals surface area contributed by atoms with Gasteiger partial charge in [0, 0.05) is 23.3 Å².